The predicted molar refractivity (Wildman–Crippen MR) is 138 cm³/mol. The molecule has 0 aliphatic carbocycles. The lowest BCUT2D eigenvalue weighted by Crippen LogP contribution is -2.46. The number of nitriles is 1. The first-order valence-corrected chi connectivity index (χ1v) is 12.7. The Bertz CT molecular complexity index is 1180. The lowest BCUT2D eigenvalue weighted by atomic mass is 9.62. The van der Waals surface area contributed by atoms with Gasteiger partial charge >= 0.3 is 0 Å². The van der Waals surface area contributed by atoms with Crippen molar-refractivity contribution in [2.24, 2.45) is 5.41 Å². The number of aliphatic hydroxyl groups is 2. The fourth-order valence-electron chi connectivity index (χ4n) is 5.10. The maximum absolute atomic E-state index is 15.5. The number of nitrogens with one attached hydrogen (secondary N) is 2. The number of nitrogens with zero attached hydrogens (tertiary/aromatic N) is 1. The average molecular weight is 554 g/mol. The quantitative estimate of drug-likeness (QED) is 0.386. The number of halogens is 4. The molecule has 3 rings (SSSR count). The molecule has 2 aromatic rings. The lowest BCUT2D eigenvalue weighted by molar-refractivity contribution is -0.123. The Morgan fingerprint density at radius 2 is 1.92 bits per heavy atom. The first-order valence-electron chi connectivity index (χ1n) is 12.0. The van der Waals surface area contributed by atoms with Gasteiger partial charge in [0.25, 0.3) is 0 Å². The van der Waals surface area contributed by atoms with Crippen LogP contribution in [0.15, 0.2) is 36.4 Å². The summed E-state index contributed by atoms with van der Waals surface area (Å²) in [6.07, 6.45) is -0.484. The molecule has 0 spiro atoms. The Morgan fingerprint density at radius 1 is 1.22 bits per heavy atom. The van der Waals surface area contributed by atoms with E-state index >= 15 is 4.39 Å². The first kappa shape index (κ1) is 29.3. The first-order chi connectivity index (χ1) is 17.3. The summed E-state index contributed by atoms with van der Waals surface area (Å²) in [5.74, 6) is -2.80. The van der Waals surface area contributed by atoms with Crippen molar-refractivity contribution in [3.05, 3.63) is 69.2 Å². The van der Waals surface area contributed by atoms with E-state index in [4.69, 9.17) is 28.3 Å². The molecule has 6 nitrogen and oxygen atoms in total. The van der Waals surface area contributed by atoms with Crippen LogP contribution in [0.5, 0.6) is 0 Å². The lowest BCUT2D eigenvalue weighted by Gasteiger charge is -2.37. The Balaban J connectivity index is 2.21. The zero-order valence-corrected chi connectivity index (χ0v) is 22.4. The van der Waals surface area contributed by atoms with E-state index in [-0.39, 0.29) is 34.0 Å². The molecule has 0 unspecified atom stereocenters. The van der Waals surface area contributed by atoms with Crippen molar-refractivity contribution in [3.63, 3.8) is 0 Å². The number of rotatable bonds is 8. The monoisotopic (exact) mass is 553 g/mol. The fraction of sp³-hybridized carbons (Fsp3) is 0.481. The largest absolute Gasteiger partial charge is 0.394 e. The SMILES string of the molecule is CC(C)(C)C[C@H]1N[C@H](C(=O)NCC[C@H](O)CO)[C@@H](c2ccc(F)c(Cl)c2)[C@]1(C#N)c1ccc(Cl)cc1F. The summed E-state index contributed by atoms with van der Waals surface area (Å²) in [5, 5.41) is 35.5. The van der Waals surface area contributed by atoms with Crippen LogP contribution in [0.4, 0.5) is 8.78 Å². The fourth-order valence-corrected chi connectivity index (χ4v) is 5.44. The third-order valence-corrected chi connectivity index (χ3v) is 7.23. The summed E-state index contributed by atoms with van der Waals surface area (Å²) in [4.78, 5) is 13.5. The minimum absolute atomic E-state index is 0.0639. The van der Waals surface area contributed by atoms with Gasteiger partial charge in [0.15, 0.2) is 0 Å². The molecule has 4 N–H and O–H groups in total. The van der Waals surface area contributed by atoms with Crippen LogP contribution in [0.2, 0.25) is 10.0 Å². The molecule has 1 saturated heterocycles. The van der Waals surface area contributed by atoms with Crippen molar-refractivity contribution in [1.29, 1.82) is 5.26 Å². The molecule has 1 aliphatic heterocycles. The van der Waals surface area contributed by atoms with Crippen LogP contribution in [0.25, 0.3) is 0 Å². The number of aliphatic hydroxyl groups excluding tert-OH is 2. The van der Waals surface area contributed by atoms with E-state index in [0.29, 0.717) is 12.0 Å². The van der Waals surface area contributed by atoms with Crippen molar-refractivity contribution < 1.29 is 23.8 Å². The van der Waals surface area contributed by atoms with Gasteiger partial charge in [0.05, 0.1) is 29.8 Å². The molecule has 5 atom stereocenters. The minimum Gasteiger partial charge on any atom is -0.394 e. The van der Waals surface area contributed by atoms with Gasteiger partial charge in [-0.15, -0.1) is 0 Å². The number of hydrogen-bond acceptors (Lipinski definition) is 5. The Labute approximate surface area is 225 Å². The number of benzene rings is 2. The van der Waals surface area contributed by atoms with E-state index < -0.39 is 53.7 Å². The molecule has 37 heavy (non-hydrogen) atoms. The average Bonchev–Trinajstić information content (AvgIpc) is 3.13. The molecule has 0 bridgehead atoms. The van der Waals surface area contributed by atoms with Crippen molar-refractivity contribution in [1.82, 2.24) is 10.6 Å². The number of amides is 1. The van der Waals surface area contributed by atoms with Gasteiger partial charge in [-0.2, -0.15) is 5.26 Å². The Kier molecular flexibility index (Phi) is 9.20. The highest BCUT2D eigenvalue weighted by atomic mass is 35.5. The second kappa shape index (κ2) is 11.6. The summed E-state index contributed by atoms with van der Waals surface area (Å²) in [5.41, 5.74) is -1.45. The van der Waals surface area contributed by atoms with Crippen molar-refractivity contribution in [3.8, 4) is 6.07 Å². The zero-order valence-electron chi connectivity index (χ0n) is 20.9. The molecule has 1 aliphatic rings. The molecule has 1 heterocycles. The summed E-state index contributed by atoms with van der Waals surface area (Å²) in [6.45, 7) is 5.54. The van der Waals surface area contributed by atoms with Gasteiger partial charge in [0.1, 0.15) is 17.0 Å². The molecule has 0 aromatic heterocycles. The molecule has 0 saturated carbocycles. The minimum atomic E-state index is -1.59. The van der Waals surface area contributed by atoms with Crippen molar-refractivity contribution in [2.75, 3.05) is 13.2 Å². The predicted octanol–water partition coefficient (Wildman–Crippen LogP) is 4.45. The van der Waals surface area contributed by atoms with Crippen molar-refractivity contribution in [2.45, 2.75) is 63.1 Å². The van der Waals surface area contributed by atoms with Crippen LogP contribution >= 0.6 is 23.2 Å². The summed E-state index contributed by atoms with van der Waals surface area (Å²) >= 11 is 12.1. The van der Waals surface area contributed by atoms with Gasteiger partial charge in [0, 0.05) is 29.1 Å². The van der Waals surface area contributed by atoms with Crippen LogP contribution in [0, 0.1) is 28.4 Å². The molecule has 200 valence electrons. The van der Waals surface area contributed by atoms with Gasteiger partial charge in [-0.3, -0.25) is 4.79 Å². The van der Waals surface area contributed by atoms with E-state index in [1.165, 1.54) is 24.3 Å². The number of carbonyl (C=O) groups excluding carboxylic acids is 1. The molecular weight excluding hydrogens is 523 g/mol. The van der Waals surface area contributed by atoms with Gasteiger partial charge < -0.3 is 20.8 Å². The summed E-state index contributed by atoms with van der Waals surface area (Å²) < 4.78 is 29.6. The van der Waals surface area contributed by atoms with Gasteiger partial charge in [-0.05, 0) is 48.1 Å². The maximum atomic E-state index is 15.5. The Morgan fingerprint density at radius 3 is 2.49 bits per heavy atom. The normalized spacial score (nSPS) is 24.5. The van der Waals surface area contributed by atoms with Crippen LogP contribution < -0.4 is 10.6 Å². The molecule has 1 amide bonds. The standard InChI is InChI=1S/C27H31Cl2F2N3O3/c1-26(2,3)12-22-27(14-32,18-6-5-16(28)11-21(18)31)23(15-4-7-20(30)19(29)10-15)24(34-22)25(37)33-9-8-17(36)13-35/h4-7,10-11,17,22-24,34-36H,8-9,12-13H2,1-3H3,(H,33,37)/t17-,22+,23+,24-,27+/m0/s1. The highest BCUT2D eigenvalue weighted by Crippen LogP contribution is 2.52. The van der Waals surface area contributed by atoms with Crippen LogP contribution in [0.1, 0.15) is 50.7 Å². The van der Waals surface area contributed by atoms with E-state index in [0.717, 1.165) is 12.1 Å². The van der Waals surface area contributed by atoms with Gasteiger partial charge in [-0.1, -0.05) is 56.1 Å². The van der Waals surface area contributed by atoms with E-state index in [1.54, 1.807) is 0 Å². The molecular formula is C27H31Cl2F2N3O3. The highest BCUT2D eigenvalue weighted by Gasteiger charge is 2.60. The third kappa shape index (κ3) is 6.24. The summed E-state index contributed by atoms with van der Waals surface area (Å²) in [7, 11) is 0. The third-order valence-electron chi connectivity index (χ3n) is 6.71. The smallest absolute Gasteiger partial charge is 0.237 e. The van der Waals surface area contributed by atoms with E-state index in [9.17, 15) is 19.6 Å². The van der Waals surface area contributed by atoms with Crippen LogP contribution in [-0.2, 0) is 10.2 Å². The Hall–Kier alpha value is -2.28. The molecule has 2 aromatic carbocycles. The molecule has 1 fully saturated rings. The van der Waals surface area contributed by atoms with Crippen LogP contribution in [-0.4, -0.2) is 47.5 Å². The van der Waals surface area contributed by atoms with Crippen molar-refractivity contribution >= 4 is 29.1 Å². The molecule has 10 heteroatoms. The van der Waals surface area contributed by atoms with Gasteiger partial charge in [0.2, 0.25) is 5.91 Å². The van der Waals surface area contributed by atoms with Crippen LogP contribution in [0.3, 0.4) is 0 Å². The topological polar surface area (TPSA) is 105 Å². The highest BCUT2D eigenvalue weighted by molar-refractivity contribution is 6.31. The molecule has 0 radical (unpaired) electrons. The number of hydrogen-bond donors (Lipinski definition) is 4. The van der Waals surface area contributed by atoms with E-state index in [1.807, 2.05) is 20.8 Å². The second-order valence-corrected chi connectivity index (χ2v) is 11.5. The van der Waals surface area contributed by atoms with E-state index in [2.05, 4.69) is 16.7 Å². The second-order valence-electron chi connectivity index (χ2n) is 10.6. The zero-order chi connectivity index (χ0) is 27.5. The number of carbonyl (C=O) groups is 1. The summed E-state index contributed by atoms with van der Waals surface area (Å²) in [6, 6.07) is 8.68. The van der Waals surface area contributed by atoms with Gasteiger partial charge in [-0.25, -0.2) is 8.78 Å². The maximum Gasteiger partial charge on any atom is 0.237 e.